The van der Waals surface area contributed by atoms with Crippen LogP contribution in [-0.4, -0.2) is 39.3 Å². The molecule has 0 N–H and O–H groups in total. The fourth-order valence-electron chi connectivity index (χ4n) is 3.00. The monoisotopic (exact) mass is 435 g/mol. The van der Waals surface area contributed by atoms with Gasteiger partial charge in [0.05, 0.1) is 11.6 Å². The molecule has 3 aromatic rings. The first kappa shape index (κ1) is 19.2. The number of benzene rings is 1. The van der Waals surface area contributed by atoms with Gasteiger partial charge in [-0.2, -0.15) is 27.8 Å². The topological polar surface area (TPSA) is 55.6 Å². The summed E-state index contributed by atoms with van der Waals surface area (Å²) in [6.45, 7) is 0.600. The van der Waals surface area contributed by atoms with Crippen molar-refractivity contribution < 1.29 is 22.3 Å². The van der Waals surface area contributed by atoms with Crippen LogP contribution in [0, 0.1) is 5.82 Å². The number of ether oxygens (including phenoxy) is 1. The van der Waals surface area contributed by atoms with Crippen LogP contribution in [-0.2, 0) is 10.9 Å². The van der Waals surface area contributed by atoms with Gasteiger partial charge in [-0.05, 0) is 12.1 Å². The predicted molar refractivity (Wildman–Crippen MR) is 93.1 cm³/mol. The molecule has 0 spiro atoms. The third-order valence-electron chi connectivity index (χ3n) is 4.30. The SMILES string of the molecule is Fc1cc(C2CN(c3cc(C(F)(F)F)nc4ncnn34)CCO2)c(Cl)cc1Cl. The van der Waals surface area contributed by atoms with Gasteiger partial charge in [0, 0.05) is 29.7 Å². The zero-order valence-corrected chi connectivity index (χ0v) is 15.4. The van der Waals surface area contributed by atoms with Gasteiger partial charge in [-0.3, -0.25) is 0 Å². The minimum absolute atomic E-state index is 0.122. The van der Waals surface area contributed by atoms with Gasteiger partial charge in [0.1, 0.15) is 24.1 Å². The Morgan fingerprint density at radius 1 is 1.14 bits per heavy atom. The third-order valence-corrected chi connectivity index (χ3v) is 4.92. The summed E-state index contributed by atoms with van der Waals surface area (Å²) in [5.41, 5.74) is -0.727. The molecule has 1 aliphatic heterocycles. The van der Waals surface area contributed by atoms with Crippen LogP contribution in [0.15, 0.2) is 24.5 Å². The minimum Gasteiger partial charge on any atom is -0.370 e. The maximum atomic E-state index is 13.9. The second kappa shape index (κ2) is 7.02. The number of aromatic nitrogens is 4. The molecule has 1 fully saturated rings. The van der Waals surface area contributed by atoms with Crippen molar-refractivity contribution in [3.05, 3.63) is 51.6 Å². The number of alkyl halides is 3. The molecule has 3 heterocycles. The average Bonchev–Trinajstić information content (AvgIpc) is 3.12. The molecule has 2 aromatic heterocycles. The molecule has 12 heteroatoms. The van der Waals surface area contributed by atoms with Crippen molar-refractivity contribution in [2.24, 2.45) is 0 Å². The highest BCUT2D eigenvalue weighted by molar-refractivity contribution is 6.35. The van der Waals surface area contributed by atoms with E-state index in [4.69, 9.17) is 27.9 Å². The minimum atomic E-state index is -4.64. The molecule has 28 heavy (non-hydrogen) atoms. The van der Waals surface area contributed by atoms with Gasteiger partial charge in [0.15, 0.2) is 5.69 Å². The summed E-state index contributed by atoms with van der Waals surface area (Å²) < 4.78 is 60.4. The number of hydrogen-bond donors (Lipinski definition) is 0. The molecule has 1 atom stereocenters. The van der Waals surface area contributed by atoms with E-state index >= 15 is 0 Å². The molecule has 6 nitrogen and oxygen atoms in total. The normalized spacial score (nSPS) is 18.1. The molecule has 148 valence electrons. The van der Waals surface area contributed by atoms with Crippen molar-refractivity contribution in [3.8, 4) is 0 Å². The second-order valence-corrected chi connectivity index (χ2v) is 6.88. The van der Waals surface area contributed by atoms with Gasteiger partial charge >= 0.3 is 6.18 Å². The number of nitrogens with zero attached hydrogens (tertiary/aromatic N) is 5. The van der Waals surface area contributed by atoms with Crippen LogP contribution in [0.2, 0.25) is 10.0 Å². The maximum absolute atomic E-state index is 13.9. The Kier molecular flexibility index (Phi) is 4.80. The first-order chi connectivity index (χ1) is 13.2. The highest BCUT2D eigenvalue weighted by Crippen LogP contribution is 2.35. The van der Waals surface area contributed by atoms with E-state index in [2.05, 4.69) is 15.1 Å². The van der Waals surface area contributed by atoms with Crippen molar-refractivity contribution in [2.45, 2.75) is 12.3 Å². The summed E-state index contributed by atoms with van der Waals surface area (Å²) in [5, 5.41) is 4.02. The molecule has 0 radical (unpaired) electrons. The van der Waals surface area contributed by atoms with E-state index in [1.54, 1.807) is 4.90 Å². The van der Waals surface area contributed by atoms with Crippen LogP contribution in [0.5, 0.6) is 0 Å². The van der Waals surface area contributed by atoms with E-state index in [1.807, 2.05) is 0 Å². The Morgan fingerprint density at radius 3 is 2.68 bits per heavy atom. The van der Waals surface area contributed by atoms with Crippen LogP contribution in [0.4, 0.5) is 23.4 Å². The van der Waals surface area contributed by atoms with E-state index < -0.39 is 23.8 Å². The molecular formula is C16H11Cl2F4N5O. The van der Waals surface area contributed by atoms with Crippen LogP contribution in [0.3, 0.4) is 0 Å². The molecular weight excluding hydrogens is 425 g/mol. The van der Waals surface area contributed by atoms with Crippen LogP contribution in [0.25, 0.3) is 5.78 Å². The Morgan fingerprint density at radius 2 is 1.93 bits per heavy atom. The van der Waals surface area contributed by atoms with Gasteiger partial charge in [-0.15, -0.1) is 0 Å². The summed E-state index contributed by atoms with van der Waals surface area (Å²) in [4.78, 5) is 8.89. The fourth-order valence-corrected chi connectivity index (χ4v) is 3.50. The van der Waals surface area contributed by atoms with Gasteiger partial charge in [-0.1, -0.05) is 23.2 Å². The largest absolute Gasteiger partial charge is 0.433 e. The van der Waals surface area contributed by atoms with Crippen molar-refractivity contribution in [1.29, 1.82) is 0 Å². The highest BCUT2D eigenvalue weighted by atomic mass is 35.5. The van der Waals surface area contributed by atoms with Crippen molar-refractivity contribution in [3.63, 3.8) is 0 Å². The van der Waals surface area contributed by atoms with Crippen LogP contribution >= 0.6 is 23.2 Å². The van der Waals surface area contributed by atoms with Crippen molar-refractivity contribution >= 4 is 34.8 Å². The molecule has 1 saturated heterocycles. The number of halogens is 6. The van der Waals surface area contributed by atoms with E-state index in [9.17, 15) is 17.6 Å². The summed E-state index contributed by atoms with van der Waals surface area (Å²) in [6.07, 6.45) is -4.19. The van der Waals surface area contributed by atoms with E-state index in [0.717, 1.165) is 18.5 Å². The summed E-state index contributed by atoms with van der Waals surface area (Å²) in [7, 11) is 0. The molecule has 1 aliphatic rings. The number of fused-ring (bicyclic) bond motifs is 1. The molecule has 1 aromatic carbocycles. The average molecular weight is 436 g/mol. The van der Waals surface area contributed by atoms with Gasteiger partial charge < -0.3 is 9.64 Å². The summed E-state index contributed by atoms with van der Waals surface area (Å²) in [5.74, 6) is -0.694. The zero-order valence-electron chi connectivity index (χ0n) is 13.9. The lowest BCUT2D eigenvalue weighted by Gasteiger charge is -2.35. The fraction of sp³-hybridized carbons (Fsp3) is 0.312. The van der Waals surface area contributed by atoms with Crippen LogP contribution in [0.1, 0.15) is 17.4 Å². The first-order valence-electron chi connectivity index (χ1n) is 8.03. The van der Waals surface area contributed by atoms with Crippen molar-refractivity contribution in [2.75, 3.05) is 24.6 Å². The number of morpholine rings is 1. The standard InChI is InChI=1S/C16H11Cl2F4N5O/c17-9-4-10(18)11(19)3-8(9)12-6-26(1-2-28-12)14-5-13(16(20,21)22)25-15-23-7-24-27(14)15/h3-5,7,12H,1-2,6H2. The summed E-state index contributed by atoms with van der Waals surface area (Å²) >= 11 is 11.9. The Hall–Kier alpha value is -2.17. The van der Waals surface area contributed by atoms with Crippen LogP contribution < -0.4 is 4.90 Å². The van der Waals surface area contributed by atoms with E-state index in [-0.39, 0.29) is 34.8 Å². The maximum Gasteiger partial charge on any atom is 0.433 e. The lowest BCUT2D eigenvalue weighted by molar-refractivity contribution is -0.141. The van der Waals surface area contributed by atoms with Gasteiger partial charge in [-0.25, -0.2) is 9.37 Å². The Bertz CT molecular complexity index is 1040. The molecule has 0 aliphatic carbocycles. The Balaban J connectivity index is 1.73. The van der Waals surface area contributed by atoms with Gasteiger partial charge in [0.2, 0.25) is 0 Å². The number of rotatable bonds is 2. The molecule has 0 bridgehead atoms. The smallest absolute Gasteiger partial charge is 0.370 e. The van der Waals surface area contributed by atoms with E-state index in [0.29, 0.717) is 12.1 Å². The number of hydrogen-bond acceptors (Lipinski definition) is 5. The predicted octanol–water partition coefficient (Wildman–Crippen LogP) is 4.17. The number of anilines is 1. The summed E-state index contributed by atoms with van der Waals surface area (Å²) in [6, 6.07) is 3.32. The molecule has 0 amide bonds. The highest BCUT2D eigenvalue weighted by Gasteiger charge is 2.35. The van der Waals surface area contributed by atoms with E-state index in [1.165, 1.54) is 10.6 Å². The molecule has 4 rings (SSSR count). The zero-order chi connectivity index (χ0) is 20.1. The molecule has 0 saturated carbocycles. The second-order valence-electron chi connectivity index (χ2n) is 6.06. The quantitative estimate of drug-likeness (QED) is 0.446. The lowest BCUT2D eigenvalue weighted by atomic mass is 10.1. The third kappa shape index (κ3) is 3.47. The molecule has 1 unspecified atom stereocenters. The first-order valence-corrected chi connectivity index (χ1v) is 8.78. The van der Waals surface area contributed by atoms with Gasteiger partial charge in [0.25, 0.3) is 5.78 Å². The van der Waals surface area contributed by atoms with Crippen molar-refractivity contribution in [1.82, 2.24) is 19.6 Å². The Labute approximate surface area is 165 Å². The lowest BCUT2D eigenvalue weighted by Crippen LogP contribution is -2.39.